The summed E-state index contributed by atoms with van der Waals surface area (Å²) in [4.78, 5) is 8.33. The molecule has 0 spiro atoms. The molecule has 2 aromatic carbocycles. The molecular formula is C17H17BrK2O4. The average Bonchev–Trinajstić information content (AvgIpc) is 2.49. The Morgan fingerprint density at radius 1 is 0.917 bits per heavy atom. The van der Waals surface area contributed by atoms with Crippen LogP contribution in [0, 0.1) is 0 Å². The molecule has 0 fully saturated rings. The quantitative estimate of drug-likeness (QED) is 0.342. The Kier molecular flexibility index (Phi) is 20.2. The summed E-state index contributed by atoms with van der Waals surface area (Å²) in [6.07, 6.45) is 1.05. The van der Waals surface area contributed by atoms with E-state index in [4.69, 9.17) is 19.7 Å². The number of unbranched alkanes of at least 4 members (excludes halogenated alkanes) is 1. The third kappa shape index (κ3) is 15.5. The largest absolute Gasteiger partial charge is 1.00 e. The minimum atomic E-state index is -2.33. The first kappa shape index (κ1) is 27.5. The van der Waals surface area contributed by atoms with Crippen molar-refractivity contribution in [2.45, 2.75) is 19.3 Å². The molecule has 7 heteroatoms. The van der Waals surface area contributed by atoms with E-state index in [9.17, 15) is 0 Å². The van der Waals surface area contributed by atoms with Crippen LogP contribution in [0.1, 0.15) is 18.4 Å². The van der Waals surface area contributed by atoms with Crippen LogP contribution >= 0.6 is 15.9 Å². The molecule has 0 saturated heterocycles. The van der Waals surface area contributed by atoms with Gasteiger partial charge >= 0.3 is 103 Å². The molecule has 24 heavy (non-hydrogen) atoms. The summed E-state index contributed by atoms with van der Waals surface area (Å²) in [5.74, 6) is 0.943. The van der Waals surface area contributed by atoms with Crippen molar-refractivity contribution in [3.05, 3.63) is 64.6 Å². The molecular weight excluding hydrogens is 426 g/mol. The number of aryl methyl sites for hydroxylation is 1. The number of hydrogen-bond acceptors (Lipinski definition) is 4. The minimum Gasteiger partial charge on any atom is -0.652 e. The van der Waals surface area contributed by atoms with Crippen LogP contribution in [-0.4, -0.2) is 12.8 Å². The molecule has 0 heterocycles. The topological polar surface area (TPSA) is 72.4 Å². The Bertz CT molecular complexity index is 546. The van der Waals surface area contributed by atoms with Crippen LogP contribution in [0.15, 0.2) is 59.1 Å². The van der Waals surface area contributed by atoms with E-state index in [0.717, 1.165) is 29.7 Å². The average molecular weight is 443 g/mol. The van der Waals surface area contributed by atoms with Crippen LogP contribution in [0.5, 0.6) is 5.75 Å². The van der Waals surface area contributed by atoms with Gasteiger partial charge in [0.25, 0.3) is 0 Å². The number of benzene rings is 2. The second kappa shape index (κ2) is 17.7. The van der Waals surface area contributed by atoms with Crippen molar-refractivity contribution in [2.24, 2.45) is 0 Å². The molecule has 0 aliphatic carbocycles. The van der Waals surface area contributed by atoms with Crippen molar-refractivity contribution < 1.29 is 123 Å². The van der Waals surface area contributed by atoms with Crippen molar-refractivity contribution in [3.63, 3.8) is 0 Å². The summed E-state index contributed by atoms with van der Waals surface area (Å²) < 4.78 is 6.76. The molecule has 0 aliphatic heterocycles. The summed E-state index contributed by atoms with van der Waals surface area (Å²) in [6.45, 7) is 0.786. The SMILES string of the molecule is Brc1ccc(OCCCCc2ccccc2)cc1.O=C([O-])[O-].[K+].[K+]. The summed E-state index contributed by atoms with van der Waals surface area (Å²) in [6, 6.07) is 18.6. The zero-order chi connectivity index (χ0) is 16.2. The van der Waals surface area contributed by atoms with Crippen LogP contribution < -0.4 is 118 Å². The van der Waals surface area contributed by atoms with Crippen molar-refractivity contribution in [1.29, 1.82) is 0 Å². The maximum atomic E-state index is 8.33. The first-order valence-electron chi connectivity index (χ1n) is 6.88. The number of ether oxygens (including phenoxy) is 1. The molecule has 2 aromatic rings. The van der Waals surface area contributed by atoms with Gasteiger partial charge in [-0.1, -0.05) is 46.3 Å². The molecule has 2 rings (SSSR count). The van der Waals surface area contributed by atoms with Gasteiger partial charge in [0.2, 0.25) is 0 Å². The van der Waals surface area contributed by atoms with E-state index < -0.39 is 6.16 Å². The van der Waals surface area contributed by atoms with Gasteiger partial charge in [-0.05, 0) is 55.2 Å². The molecule has 118 valence electrons. The molecule has 0 aliphatic rings. The normalized spacial score (nSPS) is 8.71. The number of carbonyl (C=O) groups excluding carboxylic acids is 1. The van der Waals surface area contributed by atoms with Gasteiger partial charge in [0.1, 0.15) is 5.75 Å². The van der Waals surface area contributed by atoms with Crippen molar-refractivity contribution in [1.82, 2.24) is 0 Å². The molecule has 0 N–H and O–H groups in total. The maximum Gasteiger partial charge on any atom is 1.00 e. The summed E-state index contributed by atoms with van der Waals surface area (Å²) in [5, 5.41) is 16.7. The van der Waals surface area contributed by atoms with Crippen molar-refractivity contribution in [2.75, 3.05) is 6.61 Å². The van der Waals surface area contributed by atoms with Gasteiger partial charge < -0.3 is 19.7 Å². The van der Waals surface area contributed by atoms with Crippen LogP contribution in [0.3, 0.4) is 0 Å². The molecule has 0 bridgehead atoms. The Hall–Kier alpha value is 1.26. The van der Waals surface area contributed by atoms with Crippen LogP contribution in [-0.2, 0) is 6.42 Å². The molecule has 0 atom stereocenters. The van der Waals surface area contributed by atoms with E-state index in [0.29, 0.717) is 0 Å². The smallest absolute Gasteiger partial charge is 0.652 e. The Morgan fingerprint density at radius 3 is 2.00 bits per heavy atom. The summed E-state index contributed by atoms with van der Waals surface area (Å²) in [5.41, 5.74) is 1.40. The summed E-state index contributed by atoms with van der Waals surface area (Å²) >= 11 is 3.41. The second-order valence-corrected chi connectivity index (χ2v) is 5.41. The van der Waals surface area contributed by atoms with Crippen LogP contribution in [0.4, 0.5) is 4.79 Å². The van der Waals surface area contributed by atoms with Gasteiger partial charge in [-0.3, -0.25) is 0 Å². The number of halogens is 1. The molecule has 0 saturated carbocycles. The van der Waals surface area contributed by atoms with Gasteiger partial charge in [0.05, 0.1) is 6.61 Å². The van der Waals surface area contributed by atoms with Gasteiger partial charge in [-0.15, -0.1) is 0 Å². The van der Waals surface area contributed by atoms with E-state index >= 15 is 0 Å². The van der Waals surface area contributed by atoms with Gasteiger partial charge in [-0.2, -0.15) is 0 Å². The maximum absolute atomic E-state index is 8.33. The predicted molar refractivity (Wildman–Crippen MR) is 84.4 cm³/mol. The fourth-order valence-electron chi connectivity index (χ4n) is 1.80. The van der Waals surface area contributed by atoms with Gasteiger partial charge in [0, 0.05) is 4.47 Å². The zero-order valence-corrected chi connectivity index (χ0v) is 21.9. The zero-order valence-electron chi connectivity index (χ0n) is 14.0. The van der Waals surface area contributed by atoms with Crippen molar-refractivity contribution in [3.8, 4) is 5.75 Å². The van der Waals surface area contributed by atoms with Gasteiger partial charge in [-0.25, -0.2) is 0 Å². The number of carboxylic acid groups (broad SMARTS) is 2. The fourth-order valence-corrected chi connectivity index (χ4v) is 2.06. The third-order valence-electron chi connectivity index (χ3n) is 2.78. The Balaban J connectivity index is 0. The van der Waals surface area contributed by atoms with E-state index in [1.165, 1.54) is 12.0 Å². The van der Waals surface area contributed by atoms with Crippen molar-refractivity contribution >= 4 is 22.1 Å². The van der Waals surface area contributed by atoms with Crippen LogP contribution in [0.2, 0.25) is 0 Å². The third-order valence-corrected chi connectivity index (χ3v) is 3.31. The molecule has 0 unspecified atom stereocenters. The molecule has 4 nitrogen and oxygen atoms in total. The number of hydrogen-bond donors (Lipinski definition) is 0. The first-order chi connectivity index (χ1) is 10.6. The minimum absolute atomic E-state index is 0. The summed E-state index contributed by atoms with van der Waals surface area (Å²) in [7, 11) is 0. The van der Waals surface area contributed by atoms with E-state index in [2.05, 4.69) is 46.3 Å². The standard InChI is InChI=1S/C16H17BrO.CH2O3.2K/c17-15-9-11-16(12-10-15)18-13-5-4-8-14-6-2-1-3-7-14;2-1(3)4;;/h1-3,6-7,9-12H,4-5,8,13H2;(H2,2,3,4);;/q;;2*+1/p-2. The molecule has 0 radical (unpaired) electrons. The Morgan fingerprint density at radius 2 is 1.46 bits per heavy atom. The monoisotopic (exact) mass is 442 g/mol. The first-order valence-corrected chi connectivity index (χ1v) is 7.67. The van der Waals surface area contributed by atoms with E-state index in [-0.39, 0.29) is 103 Å². The number of carbonyl (C=O) groups is 1. The predicted octanol–water partition coefficient (Wildman–Crippen LogP) is -3.59. The molecule has 0 aromatic heterocycles. The Labute approximate surface area is 236 Å². The fraction of sp³-hybridized carbons (Fsp3) is 0.235. The van der Waals surface area contributed by atoms with Crippen LogP contribution in [0.25, 0.3) is 0 Å². The second-order valence-electron chi connectivity index (χ2n) is 4.50. The number of rotatable bonds is 6. The van der Waals surface area contributed by atoms with E-state index in [1.807, 2.05) is 24.3 Å². The van der Waals surface area contributed by atoms with E-state index in [1.54, 1.807) is 0 Å². The molecule has 0 amide bonds. The van der Waals surface area contributed by atoms with Gasteiger partial charge in [0.15, 0.2) is 0 Å².